The molecule has 31 heavy (non-hydrogen) atoms. The lowest BCUT2D eigenvalue weighted by molar-refractivity contribution is -0.125. The van der Waals surface area contributed by atoms with Crippen LogP contribution in [-0.2, 0) is 11.3 Å². The molecule has 3 aromatic rings. The first-order valence-corrected chi connectivity index (χ1v) is 11.0. The van der Waals surface area contributed by atoms with Gasteiger partial charge >= 0.3 is 0 Å². The second-order valence-electron chi connectivity index (χ2n) is 8.25. The van der Waals surface area contributed by atoms with Gasteiger partial charge in [0.1, 0.15) is 11.6 Å². The molecular formula is C25H30N4O2. The molecule has 0 atom stereocenters. The first kappa shape index (κ1) is 21.0. The van der Waals surface area contributed by atoms with Gasteiger partial charge in [0.25, 0.3) is 0 Å². The van der Waals surface area contributed by atoms with Crippen molar-refractivity contribution in [1.29, 1.82) is 0 Å². The Bertz CT molecular complexity index is 958. The molecule has 0 unspecified atom stereocenters. The number of aromatic nitrogens is 2. The zero-order chi connectivity index (χ0) is 21.6. The number of amides is 1. The lowest BCUT2D eigenvalue weighted by atomic mass is 9.96. The number of anilines is 1. The smallest absolute Gasteiger partial charge is 0.223 e. The van der Waals surface area contributed by atoms with E-state index in [-0.39, 0.29) is 17.9 Å². The minimum absolute atomic E-state index is 0.0546. The van der Waals surface area contributed by atoms with Crippen molar-refractivity contribution in [2.24, 2.45) is 5.92 Å². The molecule has 1 saturated heterocycles. The van der Waals surface area contributed by atoms with Gasteiger partial charge in [0.05, 0.1) is 18.0 Å². The summed E-state index contributed by atoms with van der Waals surface area (Å²) < 4.78 is 7.70. The fraction of sp³-hybridized carbons (Fsp3) is 0.360. The molecule has 6 nitrogen and oxygen atoms in total. The third kappa shape index (κ3) is 5.45. The Labute approximate surface area is 183 Å². The average molecular weight is 419 g/mol. The summed E-state index contributed by atoms with van der Waals surface area (Å²) in [5.41, 5.74) is 2.13. The van der Waals surface area contributed by atoms with Crippen LogP contribution in [0, 0.1) is 5.92 Å². The molecule has 1 aliphatic heterocycles. The third-order valence-corrected chi connectivity index (χ3v) is 5.59. The van der Waals surface area contributed by atoms with Crippen LogP contribution in [0.2, 0.25) is 0 Å². The molecular weight excluding hydrogens is 388 g/mol. The molecule has 0 bridgehead atoms. The highest BCUT2D eigenvalue weighted by atomic mass is 16.5. The number of hydrogen-bond acceptors (Lipinski definition) is 4. The van der Waals surface area contributed by atoms with E-state index in [2.05, 4.69) is 27.3 Å². The highest BCUT2D eigenvalue weighted by Gasteiger charge is 2.25. The summed E-state index contributed by atoms with van der Waals surface area (Å²) in [5, 5.41) is 3.09. The highest BCUT2D eigenvalue weighted by molar-refractivity contribution is 5.79. The molecule has 3 heterocycles. The number of carbonyl (C=O) groups is 1. The van der Waals surface area contributed by atoms with Crippen molar-refractivity contribution in [3.8, 4) is 11.4 Å². The Morgan fingerprint density at radius 1 is 1.10 bits per heavy atom. The lowest BCUT2D eigenvalue weighted by Crippen LogP contribution is -2.40. The van der Waals surface area contributed by atoms with Gasteiger partial charge in [-0.15, -0.1) is 0 Å². The number of nitrogens with one attached hydrogen (secondary N) is 1. The monoisotopic (exact) mass is 418 g/mol. The second kappa shape index (κ2) is 9.69. The Morgan fingerprint density at radius 2 is 1.81 bits per heavy atom. The summed E-state index contributed by atoms with van der Waals surface area (Å²) in [5.74, 6) is 2.02. The number of nitrogens with zero attached hydrogens (tertiary/aromatic N) is 3. The van der Waals surface area contributed by atoms with E-state index < -0.39 is 0 Å². The van der Waals surface area contributed by atoms with Crippen molar-refractivity contribution in [1.82, 2.24) is 14.9 Å². The molecule has 1 amide bonds. The molecule has 0 saturated carbocycles. The second-order valence-corrected chi connectivity index (χ2v) is 8.25. The van der Waals surface area contributed by atoms with Gasteiger partial charge in [-0.2, -0.15) is 0 Å². The molecule has 1 aromatic carbocycles. The zero-order valence-electron chi connectivity index (χ0n) is 18.2. The first-order chi connectivity index (χ1) is 15.1. The Balaban J connectivity index is 1.24. The van der Waals surface area contributed by atoms with Crippen molar-refractivity contribution >= 4 is 11.7 Å². The van der Waals surface area contributed by atoms with Crippen LogP contribution in [0.5, 0.6) is 5.75 Å². The van der Waals surface area contributed by atoms with Crippen LogP contribution in [0.4, 0.5) is 5.82 Å². The van der Waals surface area contributed by atoms with E-state index in [0.29, 0.717) is 6.54 Å². The van der Waals surface area contributed by atoms with Gasteiger partial charge in [-0.05, 0) is 68.7 Å². The van der Waals surface area contributed by atoms with E-state index in [1.807, 2.05) is 73.4 Å². The minimum Gasteiger partial charge on any atom is -0.491 e. The van der Waals surface area contributed by atoms with Crippen molar-refractivity contribution in [3.05, 3.63) is 72.7 Å². The first-order valence-electron chi connectivity index (χ1n) is 11.0. The predicted octanol–water partition coefficient (Wildman–Crippen LogP) is 4.19. The van der Waals surface area contributed by atoms with Gasteiger partial charge in [-0.1, -0.05) is 12.1 Å². The van der Waals surface area contributed by atoms with Crippen molar-refractivity contribution in [2.75, 3.05) is 18.0 Å². The van der Waals surface area contributed by atoms with Gasteiger partial charge in [0.15, 0.2) is 0 Å². The highest BCUT2D eigenvalue weighted by Crippen LogP contribution is 2.23. The van der Waals surface area contributed by atoms with E-state index in [0.717, 1.165) is 48.7 Å². The fourth-order valence-corrected chi connectivity index (χ4v) is 3.89. The number of piperidine rings is 1. The fourth-order valence-electron chi connectivity index (χ4n) is 3.89. The van der Waals surface area contributed by atoms with E-state index >= 15 is 0 Å². The molecule has 1 N–H and O–H groups in total. The van der Waals surface area contributed by atoms with Crippen molar-refractivity contribution in [2.45, 2.75) is 39.3 Å². The molecule has 6 heteroatoms. The summed E-state index contributed by atoms with van der Waals surface area (Å²) in [4.78, 5) is 19.5. The van der Waals surface area contributed by atoms with Gasteiger partial charge in [-0.3, -0.25) is 4.79 Å². The van der Waals surface area contributed by atoms with Gasteiger partial charge in [-0.25, -0.2) is 4.98 Å². The minimum atomic E-state index is 0.0546. The molecule has 0 radical (unpaired) electrons. The van der Waals surface area contributed by atoms with Gasteiger partial charge in [0, 0.05) is 37.9 Å². The Morgan fingerprint density at radius 3 is 2.42 bits per heavy atom. The van der Waals surface area contributed by atoms with Gasteiger partial charge in [0.2, 0.25) is 5.91 Å². The van der Waals surface area contributed by atoms with Crippen LogP contribution in [0.25, 0.3) is 5.69 Å². The quantitative estimate of drug-likeness (QED) is 0.625. The van der Waals surface area contributed by atoms with Crippen LogP contribution in [-0.4, -0.2) is 34.7 Å². The van der Waals surface area contributed by atoms with Crippen molar-refractivity contribution in [3.63, 3.8) is 0 Å². The maximum absolute atomic E-state index is 12.6. The maximum atomic E-state index is 12.6. The number of pyridine rings is 1. The number of benzene rings is 1. The summed E-state index contributed by atoms with van der Waals surface area (Å²) in [6.45, 7) is 6.25. The lowest BCUT2D eigenvalue weighted by Gasteiger charge is -2.32. The van der Waals surface area contributed by atoms with Crippen LogP contribution >= 0.6 is 0 Å². The number of carbonyl (C=O) groups excluding carboxylic acids is 1. The number of rotatable bonds is 7. The SMILES string of the molecule is CC(C)Oc1ccc(CNC(=O)C2CCN(c3ccc(-n4cccc4)cn3)CC2)cc1. The van der Waals surface area contributed by atoms with E-state index in [1.165, 1.54) is 0 Å². The van der Waals surface area contributed by atoms with Crippen LogP contribution in [0.1, 0.15) is 32.3 Å². The maximum Gasteiger partial charge on any atom is 0.223 e. The predicted molar refractivity (Wildman–Crippen MR) is 123 cm³/mol. The van der Waals surface area contributed by atoms with Crippen molar-refractivity contribution < 1.29 is 9.53 Å². The largest absolute Gasteiger partial charge is 0.491 e. The molecule has 0 spiro atoms. The molecule has 162 valence electrons. The molecule has 1 aliphatic rings. The standard InChI is InChI=1S/C25H30N4O2/c1-19(2)31-23-8-5-20(6-9-23)17-27-25(30)21-11-15-29(16-12-21)24-10-7-22(18-26-24)28-13-3-4-14-28/h3-10,13-14,18-19,21H,11-12,15-17H2,1-2H3,(H,27,30). The molecule has 2 aromatic heterocycles. The summed E-state index contributed by atoms with van der Waals surface area (Å²) in [6, 6.07) is 16.1. The van der Waals surface area contributed by atoms with E-state index in [1.54, 1.807) is 0 Å². The zero-order valence-corrected chi connectivity index (χ0v) is 18.2. The Hall–Kier alpha value is -3.28. The van der Waals surface area contributed by atoms with Crippen LogP contribution in [0.3, 0.4) is 0 Å². The normalized spacial score (nSPS) is 14.6. The Kier molecular flexibility index (Phi) is 6.55. The van der Waals surface area contributed by atoms with Crippen LogP contribution in [0.15, 0.2) is 67.1 Å². The third-order valence-electron chi connectivity index (χ3n) is 5.59. The topological polar surface area (TPSA) is 59.4 Å². The molecule has 1 fully saturated rings. The van der Waals surface area contributed by atoms with E-state index in [4.69, 9.17) is 4.74 Å². The average Bonchev–Trinajstić information content (AvgIpc) is 3.33. The van der Waals surface area contributed by atoms with Crippen LogP contribution < -0.4 is 15.0 Å². The van der Waals surface area contributed by atoms with E-state index in [9.17, 15) is 4.79 Å². The number of hydrogen-bond donors (Lipinski definition) is 1. The molecule has 0 aliphatic carbocycles. The van der Waals surface area contributed by atoms with Gasteiger partial charge < -0.3 is 19.5 Å². The summed E-state index contributed by atoms with van der Waals surface area (Å²) in [6.07, 6.45) is 7.75. The summed E-state index contributed by atoms with van der Waals surface area (Å²) >= 11 is 0. The summed E-state index contributed by atoms with van der Waals surface area (Å²) in [7, 11) is 0. The number of ether oxygens (including phenoxy) is 1. The molecule has 4 rings (SSSR count).